The molecule has 0 radical (unpaired) electrons. The standard InChI is InChI=1S/C10H14O7/c1-2-14-5-6-15-7-10(13)16-8(11)3-4-9(12)17-10/h3-4,13H,2,5-7H2,1H3. The van der Waals surface area contributed by atoms with Crippen molar-refractivity contribution in [1.82, 2.24) is 0 Å². The average molecular weight is 246 g/mol. The number of rotatable bonds is 6. The highest BCUT2D eigenvalue weighted by atomic mass is 16.9. The lowest BCUT2D eigenvalue weighted by molar-refractivity contribution is -0.336. The van der Waals surface area contributed by atoms with Crippen molar-refractivity contribution in [2.75, 3.05) is 26.4 Å². The molecule has 1 heterocycles. The van der Waals surface area contributed by atoms with E-state index >= 15 is 0 Å². The molecule has 0 aliphatic carbocycles. The van der Waals surface area contributed by atoms with Crippen LogP contribution in [0.15, 0.2) is 12.2 Å². The summed E-state index contributed by atoms with van der Waals surface area (Å²) in [6.45, 7) is 2.40. The van der Waals surface area contributed by atoms with Gasteiger partial charge < -0.3 is 24.1 Å². The summed E-state index contributed by atoms with van der Waals surface area (Å²) in [5.41, 5.74) is 0. The summed E-state index contributed by atoms with van der Waals surface area (Å²) in [5.74, 6) is -4.15. The van der Waals surface area contributed by atoms with Crippen LogP contribution < -0.4 is 0 Å². The van der Waals surface area contributed by atoms with Gasteiger partial charge in [0.2, 0.25) is 0 Å². The minimum absolute atomic E-state index is 0.179. The van der Waals surface area contributed by atoms with E-state index in [1.54, 1.807) is 0 Å². The molecule has 0 fully saturated rings. The quantitative estimate of drug-likeness (QED) is 0.491. The summed E-state index contributed by atoms with van der Waals surface area (Å²) >= 11 is 0. The first-order valence-corrected chi connectivity index (χ1v) is 5.07. The SMILES string of the molecule is CCOCCOCC1(O)OC(=O)C=CC(=O)O1. The van der Waals surface area contributed by atoms with Crippen LogP contribution in [-0.4, -0.2) is 49.4 Å². The Hall–Kier alpha value is -1.44. The molecule has 96 valence electrons. The molecule has 0 saturated heterocycles. The molecular weight excluding hydrogens is 232 g/mol. The summed E-state index contributed by atoms with van der Waals surface area (Å²) < 4.78 is 19.0. The lowest BCUT2D eigenvalue weighted by Crippen LogP contribution is -2.43. The Morgan fingerprint density at radius 3 is 2.24 bits per heavy atom. The zero-order chi connectivity index (χ0) is 12.7. The Balaban J connectivity index is 2.39. The highest BCUT2D eigenvalue weighted by Gasteiger charge is 2.37. The molecule has 1 aliphatic heterocycles. The molecule has 0 bridgehead atoms. The first kappa shape index (κ1) is 13.6. The number of carbonyl (C=O) groups is 2. The van der Waals surface area contributed by atoms with Crippen LogP contribution in [-0.2, 0) is 28.5 Å². The van der Waals surface area contributed by atoms with E-state index in [-0.39, 0.29) is 6.61 Å². The Morgan fingerprint density at radius 1 is 1.18 bits per heavy atom. The third kappa shape index (κ3) is 4.94. The molecule has 0 unspecified atom stereocenters. The molecule has 0 spiro atoms. The highest BCUT2D eigenvalue weighted by molar-refractivity contribution is 5.93. The van der Waals surface area contributed by atoms with E-state index in [0.717, 1.165) is 12.2 Å². The third-order valence-electron chi connectivity index (χ3n) is 1.74. The minimum Gasteiger partial charge on any atom is -0.393 e. The molecule has 1 N–H and O–H groups in total. The summed E-state index contributed by atoms with van der Waals surface area (Å²) in [4.78, 5) is 22.0. The van der Waals surface area contributed by atoms with Crippen molar-refractivity contribution in [2.45, 2.75) is 12.9 Å². The molecule has 0 amide bonds. The van der Waals surface area contributed by atoms with Gasteiger partial charge in [0, 0.05) is 18.8 Å². The van der Waals surface area contributed by atoms with Crippen LogP contribution >= 0.6 is 0 Å². The van der Waals surface area contributed by atoms with Crippen LogP contribution in [0, 0.1) is 0 Å². The van der Waals surface area contributed by atoms with Gasteiger partial charge in [-0.1, -0.05) is 0 Å². The number of ether oxygens (including phenoxy) is 4. The second kappa shape index (κ2) is 6.33. The van der Waals surface area contributed by atoms with E-state index in [1.807, 2.05) is 6.92 Å². The number of aliphatic hydroxyl groups is 1. The van der Waals surface area contributed by atoms with E-state index < -0.39 is 24.5 Å². The number of cyclic esters (lactones) is 2. The molecule has 0 aromatic rings. The van der Waals surface area contributed by atoms with Gasteiger partial charge in [0.25, 0.3) is 0 Å². The van der Waals surface area contributed by atoms with Crippen LogP contribution in [0.1, 0.15) is 6.92 Å². The van der Waals surface area contributed by atoms with Crippen molar-refractivity contribution >= 4 is 11.9 Å². The molecule has 7 nitrogen and oxygen atoms in total. The zero-order valence-electron chi connectivity index (χ0n) is 9.38. The van der Waals surface area contributed by atoms with E-state index in [4.69, 9.17) is 9.47 Å². The fourth-order valence-corrected chi connectivity index (χ4v) is 1.06. The Kier molecular flexibility index (Phi) is 5.08. The summed E-state index contributed by atoms with van der Waals surface area (Å²) in [7, 11) is 0. The second-order valence-corrected chi connectivity index (χ2v) is 3.14. The normalized spacial score (nSPS) is 18.5. The van der Waals surface area contributed by atoms with Crippen LogP contribution in [0.3, 0.4) is 0 Å². The maximum absolute atomic E-state index is 11.0. The van der Waals surface area contributed by atoms with Gasteiger partial charge in [-0.25, -0.2) is 9.59 Å². The first-order chi connectivity index (χ1) is 8.06. The van der Waals surface area contributed by atoms with Gasteiger partial charge in [-0.15, -0.1) is 0 Å². The van der Waals surface area contributed by atoms with Crippen LogP contribution in [0.25, 0.3) is 0 Å². The van der Waals surface area contributed by atoms with Crippen LogP contribution in [0.4, 0.5) is 0 Å². The van der Waals surface area contributed by atoms with Gasteiger partial charge in [0.15, 0.2) is 6.61 Å². The fraction of sp³-hybridized carbons (Fsp3) is 0.600. The number of carbonyl (C=O) groups excluding carboxylic acids is 2. The van der Waals surface area contributed by atoms with Crippen molar-refractivity contribution in [2.24, 2.45) is 0 Å². The first-order valence-electron chi connectivity index (χ1n) is 5.07. The summed E-state index contributed by atoms with van der Waals surface area (Å²) in [6.07, 6.45) is 1.72. The van der Waals surface area contributed by atoms with Crippen molar-refractivity contribution < 1.29 is 33.6 Å². The van der Waals surface area contributed by atoms with Gasteiger partial charge in [0.1, 0.15) is 0 Å². The second-order valence-electron chi connectivity index (χ2n) is 3.14. The molecule has 0 atom stereocenters. The topological polar surface area (TPSA) is 91.3 Å². The van der Waals surface area contributed by atoms with Gasteiger partial charge in [-0.2, -0.15) is 0 Å². The van der Waals surface area contributed by atoms with Crippen molar-refractivity contribution in [3.63, 3.8) is 0 Å². The van der Waals surface area contributed by atoms with Gasteiger partial charge >= 0.3 is 17.9 Å². The molecule has 0 saturated carbocycles. The molecule has 1 aliphatic rings. The van der Waals surface area contributed by atoms with Gasteiger partial charge in [-0.3, -0.25) is 0 Å². The maximum Gasteiger partial charge on any atom is 0.398 e. The summed E-state index contributed by atoms with van der Waals surface area (Å²) in [6, 6.07) is 0. The molecule has 0 aromatic carbocycles. The van der Waals surface area contributed by atoms with Crippen molar-refractivity contribution in [3.8, 4) is 0 Å². The minimum atomic E-state index is -2.39. The van der Waals surface area contributed by atoms with Crippen LogP contribution in [0.2, 0.25) is 0 Å². The van der Waals surface area contributed by atoms with E-state index in [2.05, 4.69) is 9.47 Å². The lowest BCUT2D eigenvalue weighted by Gasteiger charge is -2.24. The third-order valence-corrected chi connectivity index (χ3v) is 1.74. The van der Waals surface area contributed by atoms with Gasteiger partial charge in [-0.05, 0) is 6.92 Å². The predicted molar refractivity (Wildman–Crippen MR) is 53.6 cm³/mol. The largest absolute Gasteiger partial charge is 0.398 e. The van der Waals surface area contributed by atoms with E-state index in [1.165, 1.54) is 0 Å². The van der Waals surface area contributed by atoms with E-state index in [9.17, 15) is 14.7 Å². The fourth-order valence-electron chi connectivity index (χ4n) is 1.06. The van der Waals surface area contributed by atoms with Crippen LogP contribution in [0.5, 0.6) is 0 Å². The Morgan fingerprint density at radius 2 is 1.71 bits per heavy atom. The zero-order valence-corrected chi connectivity index (χ0v) is 9.38. The Bertz CT molecular complexity index is 290. The summed E-state index contributed by atoms with van der Waals surface area (Å²) in [5, 5.41) is 9.66. The lowest BCUT2D eigenvalue weighted by atomic mass is 10.5. The molecule has 0 aromatic heterocycles. The monoisotopic (exact) mass is 246 g/mol. The van der Waals surface area contributed by atoms with Crippen molar-refractivity contribution in [3.05, 3.63) is 12.2 Å². The number of hydrogen-bond donors (Lipinski definition) is 1. The highest BCUT2D eigenvalue weighted by Crippen LogP contribution is 2.14. The average Bonchev–Trinajstić information content (AvgIpc) is 2.37. The van der Waals surface area contributed by atoms with Gasteiger partial charge in [0.05, 0.1) is 13.2 Å². The smallest absolute Gasteiger partial charge is 0.393 e. The van der Waals surface area contributed by atoms with Crippen molar-refractivity contribution in [1.29, 1.82) is 0 Å². The molecule has 1 rings (SSSR count). The molecule has 17 heavy (non-hydrogen) atoms. The molecule has 7 heteroatoms. The van der Waals surface area contributed by atoms with E-state index in [0.29, 0.717) is 13.2 Å². The predicted octanol–water partition coefficient (Wildman–Crippen LogP) is -0.658. The number of hydrogen-bond acceptors (Lipinski definition) is 7. The maximum atomic E-state index is 11.0. The Labute approximate surface area is 97.9 Å². The number of esters is 2. The molecular formula is C10H14O7.